The maximum atomic E-state index is 11.7. The van der Waals surface area contributed by atoms with E-state index in [4.69, 9.17) is 4.42 Å². The average Bonchev–Trinajstić information content (AvgIpc) is 2.88. The van der Waals surface area contributed by atoms with Gasteiger partial charge >= 0.3 is 0 Å². The number of furan rings is 1. The molecule has 0 aliphatic carbocycles. The SMILES string of the molecule is CN(CC(=O)c1ccco1)C[C@H]1CCCN1. The largest absolute Gasteiger partial charge is 0.461 e. The highest BCUT2D eigenvalue weighted by Crippen LogP contribution is 2.07. The second-order valence-electron chi connectivity index (χ2n) is 4.39. The molecule has 1 aliphatic heterocycles. The number of hydrogen-bond donors (Lipinski definition) is 1. The average molecular weight is 222 g/mol. The van der Waals surface area contributed by atoms with E-state index < -0.39 is 0 Å². The lowest BCUT2D eigenvalue weighted by Gasteiger charge is -2.19. The Balaban J connectivity index is 1.78. The van der Waals surface area contributed by atoms with Gasteiger partial charge in [0.1, 0.15) is 0 Å². The first-order chi connectivity index (χ1) is 7.75. The van der Waals surface area contributed by atoms with Crippen LogP contribution in [-0.2, 0) is 0 Å². The predicted molar refractivity (Wildman–Crippen MR) is 61.6 cm³/mol. The van der Waals surface area contributed by atoms with Crippen molar-refractivity contribution in [3.8, 4) is 0 Å². The van der Waals surface area contributed by atoms with Crippen molar-refractivity contribution >= 4 is 5.78 Å². The molecule has 1 fully saturated rings. The molecule has 1 aliphatic rings. The van der Waals surface area contributed by atoms with Crippen LogP contribution < -0.4 is 5.32 Å². The van der Waals surface area contributed by atoms with Crippen LogP contribution in [0.1, 0.15) is 23.4 Å². The van der Waals surface area contributed by atoms with Crippen LogP contribution in [0.25, 0.3) is 0 Å². The molecule has 0 aromatic carbocycles. The summed E-state index contributed by atoms with van der Waals surface area (Å²) in [6.45, 7) is 2.45. The van der Waals surface area contributed by atoms with Crippen molar-refractivity contribution < 1.29 is 9.21 Å². The third-order valence-electron chi connectivity index (χ3n) is 2.90. The van der Waals surface area contributed by atoms with Crippen molar-refractivity contribution in [2.75, 3.05) is 26.7 Å². The minimum Gasteiger partial charge on any atom is -0.461 e. The maximum Gasteiger partial charge on any atom is 0.211 e. The van der Waals surface area contributed by atoms with E-state index in [2.05, 4.69) is 5.32 Å². The van der Waals surface area contributed by atoms with Crippen LogP contribution in [0, 0.1) is 0 Å². The van der Waals surface area contributed by atoms with Gasteiger partial charge in [-0.2, -0.15) is 0 Å². The van der Waals surface area contributed by atoms with Gasteiger partial charge in [0.25, 0.3) is 0 Å². The van der Waals surface area contributed by atoms with Crippen molar-refractivity contribution in [1.82, 2.24) is 10.2 Å². The third-order valence-corrected chi connectivity index (χ3v) is 2.90. The highest BCUT2D eigenvalue weighted by atomic mass is 16.3. The van der Waals surface area contributed by atoms with Gasteiger partial charge in [0.2, 0.25) is 5.78 Å². The molecule has 2 rings (SSSR count). The molecule has 0 amide bonds. The Bertz CT molecular complexity index is 329. The van der Waals surface area contributed by atoms with Gasteiger partial charge < -0.3 is 9.73 Å². The molecule has 1 N–H and O–H groups in total. The molecule has 16 heavy (non-hydrogen) atoms. The molecule has 0 radical (unpaired) electrons. The van der Waals surface area contributed by atoms with E-state index in [0.717, 1.165) is 13.1 Å². The molecule has 1 aromatic rings. The van der Waals surface area contributed by atoms with Gasteiger partial charge in [-0.3, -0.25) is 9.69 Å². The summed E-state index contributed by atoms with van der Waals surface area (Å²) in [6.07, 6.45) is 3.98. The Kier molecular flexibility index (Phi) is 3.74. The number of carbonyl (C=O) groups is 1. The summed E-state index contributed by atoms with van der Waals surface area (Å²) in [5, 5.41) is 3.42. The second-order valence-corrected chi connectivity index (χ2v) is 4.39. The van der Waals surface area contributed by atoms with Crippen molar-refractivity contribution in [2.45, 2.75) is 18.9 Å². The van der Waals surface area contributed by atoms with Crippen LogP contribution >= 0.6 is 0 Å². The number of ketones is 1. The Morgan fingerprint density at radius 2 is 2.56 bits per heavy atom. The Labute approximate surface area is 95.6 Å². The lowest BCUT2D eigenvalue weighted by atomic mass is 10.2. The fourth-order valence-electron chi connectivity index (χ4n) is 2.11. The lowest BCUT2D eigenvalue weighted by Crippen LogP contribution is -2.37. The summed E-state index contributed by atoms with van der Waals surface area (Å²) in [4.78, 5) is 13.8. The van der Waals surface area contributed by atoms with Crippen LogP contribution in [0.15, 0.2) is 22.8 Å². The third kappa shape index (κ3) is 2.93. The van der Waals surface area contributed by atoms with Crippen molar-refractivity contribution in [3.05, 3.63) is 24.2 Å². The summed E-state index contributed by atoms with van der Waals surface area (Å²) in [5.74, 6) is 0.497. The molecule has 1 aromatic heterocycles. The molecule has 0 saturated carbocycles. The molecule has 1 atom stereocenters. The Morgan fingerprint density at radius 3 is 3.19 bits per heavy atom. The number of rotatable bonds is 5. The lowest BCUT2D eigenvalue weighted by molar-refractivity contribution is 0.0915. The smallest absolute Gasteiger partial charge is 0.211 e. The van der Waals surface area contributed by atoms with E-state index in [9.17, 15) is 4.79 Å². The first kappa shape index (κ1) is 11.4. The van der Waals surface area contributed by atoms with Gasteiger partial charge in [-0.15, -0.1) is 0 Å². The zero-order valence-electron chi connectivity index (χ0n) is 9.61. The van der Waals surface area contributed by atoms with Crippen LogP contribution in [0.5, 0.6) is 0 Å². The molecule has 1 saturated heterocycles. The highest BCUT2D eigenvalue weighted by molar-refractivity contribution is 5.94. The standard InChI is InChI=1S/C12H18N2O2/c1-14(8-10-4-2-6-13-10)9-11(15)12-5-3-7-16-12/h3,5,7,10,13H,2,4,6,8-9H2,1H3/t10-/m1/s1. The van der Waals surface area contributed by atoms with Crippen LogP contribution in [0.2, 0.25) is 0 Å². The molecule has 0 bridgehead atoms. The summed E-state index contributed by atoms with van der Waals surface area (Å²) in [5.41, 5.74) is 0. The molecule has 2 heterocycles. The van der Waals surface area contributed by atoms with Crippen molar-refractivity contribution in [1.29, 1.82) is 0 Å². The predicted octanol–water partition coefficient (Wildman–Crippen LogP) is 1.15. The Hall–Kier alpha value is -1.13. The Morgan fingerprint density at radius 1 is 1.69 bits per heavy atom. The van der Waals surface area contributed by atoms with E-state index in [-0.39, 0.29) is 5.78 Å². The van der Waals surface area contributed by atoms with Gasteiger partial charge in [0.05, 0.1) is 12.8 Å². The van der Waals surface area contributed by atoms with Gasteiger partial charge in [0, 0.05) is 12.6 Å². The van der Waals surface area contributed by atoms with Crippen LogP contribution in [-0.4, -0.2) is 43.4 Å². The maximum absolute atomic E-state index is 11.7. The van der Waals surface area contributed by atoms with Crippen molar-refractivity contribution in [3.63, 3.8) is 0 Å². The normalized spacial score (nSPS) is 20.5. The zero-order chi connectivity index (χ0) is 11.4. The van der Waals surface area contributed by atoms with Crippen LogP contribution in [0.4, 0.5) is 0 Å². The minimum atomic E-state index is 0.0468. The summed E-state index contributed by atoms with van der Waals surface area (Å²) >= 11 is 0. The second kappa shape index (κ2) is 5.27. The summed E-state index contributed by atoms with van der Waals surface area (Å²) in [7, 11) is 1.97. The van der Waals surface area contributed by atoms with Crippen LogP contribution in [0.3, 0.4) is 0 Å². The molecular formula is C12H18N2O2. The number of Topliss-reactive ketones (excluding diaryl/α,β-unsaturated/α-hetero) is 1. The first-order valence-corrected chi connectivity index (χ1v) is 5.74. The molecule has 88 valence electrons. The number of carbonyl (C=O) groups excluding carboxylic acids is 1. The monoisotopic (exact) mass is 222 g/mol. The van der Waals surface area contributed by atoms with E-state index in [1.807, 2.05) is 11.9 Å². The van der Waals surface area contributed by atoms with Gasteiger partial charge in [-0.1, -0.05) is 0 Å². The first-order valence-electron chi connectivity index (χ1n) is 5.74. The number of nitrogens with zero attached hydrogens (tertiary/aromatic N) is 1. The minimum absolute atomic E-state index is 0.0468. The highest BCUT2D eigenvalue weighted by Gasteiger charge is 2.18. The fraction of sp³-hybridized carbons (Fsp3) is 0.583. The quantitative estimate of drug-likeness (QED) is 0.759. The molecule has 0 spiro atoms. The van der Waals surface area contributed by atoms with E-state index >= 15 is 0 Å². The number of hydrogen-bond acceptors (Lipinski definition) is 4. The zero-order valence-corrected chi connectivity index (χ0v) is 9.61. The van der Waals surface area contributed by atoms with E-state index in [1.165, 1.54) is 19.1 Å². The summed E-state index contributed by atoms with van der Waals surface area (Å²) < 4.78 is 5.07. The number of nitrogens with one attached hydrogen (secondary N) is 1. The molecule has 0 unspecified atom stereocenters. The van der Waals surface area contributed by atoms with Crippen molar-refractivity contribution in [2.24, 2.45) is 0 Å². The molecular weight excluding hydrogens is 204 g/mol. The van der Waals surface area contributed by atoms with E-state index in [1.54, 1.807) is 12.1 Å². The summed E-state index contributed by atoms with van der Waals surface area (Å²) in [6, 6.07) is 3.99. The van der Waals surface area contributed by atoms with Gasteiger partial charge in [-0.25, -0.2) is 0 Å². The van der Waals surface area contributed by atoms with Gasteiger partial charge in [0.15, 0.2) is 5.76 Å². The fourth-order valence-corrected chi connectivity index (χ4v) is 2.11. The topological polar surface area (TPSA) is 45.5 Å². The molecule has 4 nitrogen and oxygen atoms in total. The van der Waals surface area contributed by atoms with E-state index in [0.29, 0.717) is 18.3 Å². The van der Waals surface area contributed by atoms with Gasteiger partial charge in [-0.05, 0) is 38.6 Å². The molecule has 4 heteroatoms. The number of likely N-dealkylation sites (N-methyl/N-ethyl adjacent to an activating group) is 1.